The second-order valence-corrected chi connectivity index (χ2v) is 4.43. The standard InChI is InChI=1S/C12H20N4O/c1-9-14-11(7-12(15-9)17-3)16(2)10-5-4-6-13-8-10/h7,10,13H,4-6,8H2,1-3H3. The molecule has 1 fully saturated rings. The van der Waals surface area contributed by atoms with Crippen LogP contribution in [-0.4, -0.2) is 43.3 Å². The molecular weight excluding hydrogens is 216 g/mol. The van der Waals surface area contributed by atoms with Gasteiger partial charge < -0.3 is 15.0 Å². The number of aryl methyl sites for hydroxylation is 1. The van der Waals surface area contributed by atoms with Crippen LogP contribution in [0.4, 0.5) is 5.82 Å². The van der Waals surface area contributed by atoms with E-state index in [0.717, 1.165) is 24.7 Å². The zero-order chi connectivity index (χ0) is 12.3. The Morgan fingerprint density at radius 3 is 2.94 bits per heavy atom. The topological polar surface area (TPSA) is 50.3 Å². The summed E-state index contributed by atoms with van der Waals surface area (Å²) in [7, 11) is 3.71. The molecule has 17 heavy (non-hydrogen) atoms. The summed E-state index contributed by atoms with van der Waals surface area (Å²) in [5.41, 5.74) is 0. The van der Waals surface area contributed by atoms with E-state index < -0.39 is 0 Å². The van der Waals surface area contributed by atoms with Crippen molar-refractivity contribution in [2.45, 2.75) is 25.8 Å². The number of likely N-dealkylation sites (N-methyl/N-ethyl adjacent to an activating group) is 1. The quantitative estimate of drug-likeness (QED) is 0.848. The van der Waals surface area contributed by atoms with Crippen molar-refractivity contribution in [1.29, 1.82) is 0 Å². The van der Waals surface area contributed by atoms with Gasteiger partial charge in [0.15, 0.2) is 0 Å². The van der Waals surface area contributed by atoms with Gasteiger partial charge in [-0.3, -0.25) is 0 Å². The molecule has 5 heteroatoms. The van der Waals surface area contributed by atoms with E-state index in [1.807, 2.05) is 13.0 Å². The Morgan fingerprint density at radius 2 is 2.29 bits per heavy atom. The second kappa shape index (κ2) is 5.31. The first kappa shape index (κ1) is 12.1. The molecule has 1 saturated heterocycles. The zero-order valence-corrected chi connectivity index (χ0v) is 10.7. The van der Waals surface area contributed by atoms with E-state index in [1.165, 1.54) is 12.8 Å². The lowest BCUT2D eigenvalue weighted by atomic mass is 10.1. The smallest absolute Gasteiger partial charge is 0.218 e. The minimum Gasteiger partial charge on any atom is -0.481 e. The van der Waals surface area contributed by atoms with Crippen molar-refractivity contribution >= 4 is 5.82 Å². The predicted octanol–water partition coefficient (Wildman–Crippen LogP) is 0.982. The van der Waals surface area contributed by atoms with Gasteiger partial charge in [0.25, 0.3) is 0 Å². The van der Waals surface area contributed by atoms with Gasteiger partial charge in [-0.25, -0.2) is 4.98 Å². The average molecular weight is 236 g/mol. The fourth-order valence-electron chi connectivity index (χ4n) is 2.16. The predicted molar refractivity (Wildman–Crippen MR) is 67.6 cm³/mol. The summed E-state index contributed by atoms with van der Waals surface area (Å²) < 4.78 is 5.18. The molecular formula is C12H20N4O. The van der Waals surface area contributed by atoms with E-state index in [0.29, 0.717) is 11.9 Å². The molecule has 1 atom stereocenters. The van der Waals surface area contributed by atoms with Gasteiger partial charge in [-0.2, -0.15) is 4.98 Å². The molecule has 1 aromatic rings. The third kappa shape index (κ3) is 2.85. The summed E-state index contributed by atoms with van der Waals surface area (Å²) in [6.45, 7) is 4.03. The molecule has 5 nitrogen and oxygen atoms in total. The molecule has 1 N–H and O–H groups in total. The van der Waals surface area contributed by atoms with E-state index in [1.54, 1.807) is 7.11 Å². The number of rotatable bonds is 3. The maximum Gasteiger partial charge on any atom is 0.218 e. The van der Waals surface area contributed by atoms with Gasteiger partial charge in [0, 0.05) is 25.7 Å². The Kier molecular flexibility index (Phi) is 3.78. The maximum atomic E-state index is 5.18. The van der Waals surface area contributed by atoms with Gasteiger partial charge in [-0.1, -0.05) is 0 Å². The number of aromatic nitrogens is 2. The molecule has 0 saturated carbocycles. The van der Waals surface area contributed by atoms with Crippen molar-refractivity contribution in [1.82, 2.24) is 15.3 Å². The molecule has 0 aliphatic carbocycles. The summed E-state index contributed by atoms with van der Waals surface area (Å²) in [6, 6.07) is 2.39. The second-order valence-electron chi connectivity index (χ2n) is 4.43. The summed E-state index contributed by atoms with van der Waals surface area (Å²) >= 11 is 0. The molecule has 1 unspecified atom stereocenters. The number of anilines is 1. The van der Waals surface area contributed by atoms with Gasteiger partial charge in [0.1, 0.15) is 11.6 Å². The van der Waals surface area contributed by atoms with Crippen molar-refractivity contribution in [2.75, 3.05) is 32.1 Å². The highest BCUT2D eigenvalue weighted by Crippen LogP contribution is 2.20. The van der Waals surface area contributed by atoms with Crippen LogP contribution in [0.25, 0.3) is 0 Å². The highest BCUT2D eigenvalue weighted by Gasteiger charge is 2.19. The first-order valence-corrected chi connectivity index (χ1v) is 6.04. The number of methoxy groups -OCH3 is 1. The Morgan fingerprint density at radius 1 is 1.47 bits per heavy atom. The third-order valence-electron chi connectivity index (χ3n) is 3.19. The highest BCUT2D eigenvalue weighted by molar-refractivity contribution is 5.42. The fraction of sp³-hybridized carbons (Fsp3) is 0.667. The van der Waals surface area contributed by atoms with Gasteiger partial charge >= 0.3 is 0 Å². The highest BCUT2D eigenvalue weighted by atomic mass is 16.5. The number of nitrogens with one attached hydrogen (secondary N) is 1. The van der Waals surface area contributed by atoms with Crippen LogP contribution < -0.4 is 15.0 Å². The molecule has 0 spiro atoms. The van der Waals surface area contributed by atoms with E-state index in [4.69, 9.17) is 4.74 Å². The SMILES string of the molecule is COc1cc(N(C)C2CCCNC2)nc(C)n1. The summed E-state index contributed by atoms with van der Waals surface area (Å²) in [4.78, 5) is 10.9. The van der Waals surface area contributed by atoms with E-state index in [9.17, 15) is 0 Å². The van der Waals surface area contributed by atoms with Gasteiger partial charge in [-0.15, -0.1) is 0 Å². The van der Waals surface area contributed by atoms with Crippen LogP contribution in [0.3, 0.4) is 0 Å². The van der Waals surface area contributed by atoms with E-state index >= 15 is 0 Å². The van der Waals surface area contributed by atoms with Gasteiger partial charge in [0.2, 0.25) is 5.88 Å². The lowest BCUT2D eigenvalue weighted by Crippen LogP contribution is -2.44. The summed E-state index contributed by atoms with van der Waals surface area (Å²) in [5.74, 6) is 2.31. The molecule has 0 aromatic carbocycles. The van der Waals surface area contributed by atoms with Crippen LogP contribution >= 0.6 is 0 Å². The molecule has 2 heterocycles. The Balaban J connectivity index is 2.17. The lowest BCUT2D eigenvalue weighted by Gasteiger charge is -2.32. The van der Waals surface area contributed by atoms with Crippen LogP contribution in [0.5, 0.6) is 5.88 Å². The van der Waals surface area contributed by atoms with Crippen LogP contribution in [0.15, 0.2) is 6.07 Å². The van der Waals surface area contributed by atoms with Crippen molar-refractivity contribution in [3.8, 4) is 5.88 Å². The van der Waals surface area contributed by atoms with Crippen LogP contribution in [-0.2, 0) is 0 Å². The third-order valence-corrected chi connectivity index (χ3v) is 3.19. The minimum atomic E-state index is 0.503. The molecule has 1 aliphatic rings. The molecule has 0 radical (unpaired) electrons. The minimum absolute atomic E-state index is 0.503. The van der Waals surface area contributed by atoms with Crippen molar-refractivity contribution < 1.29 is 4.74 Å². The maximum absolute atomic E-state index is 5.18. The molecule has 0 bridgehead atoms. The number of hydrogen-bond donors (Lipinski definition) is 1. The first-order valence-electron chi connectivity index (χ1n) is 6.04. The van der Waals surface area contributed by atoms with Gasteiger partial charge in [0.05, 0.1) is 7.11 Å². The molecule has 0 amide bonds. The Hall–Kier alpha value is -1.36. The molecule has 1 aromatic heterocycles. The molecule has 94 valence electrons. The number of nitrogens with zero attached hydrogens (tertiary/aromatic N) is 3. The largest absolute Gasteiger partial charge is 0.481 e. The van der Waals surface area contributed by atoms with Crippen LogP contribution in [0.1, 0.15) is 18.7 Å². The Bertz CT molecular complexity index is 377. The normalized spacial score (nSPS) is 20.1. The first-order chi connectivity index (χ1) is 8.20. The monoisotopic (exact) mass is 236 g/mol. The lowest BCUT2D eigenvalue weighted by molar-refractivity contribution is 0.394. The molecule has 2 rings (SSSR count). The van der Waals surface area contributed by atoms with E-state index in [-0.39, 0.29) is 0 Å². The van der Waals surface area contributed by atoms with Crippen LogP contribution in [0.2, 0.25) is 0 Å². The number of hydrogen-bond acceptors (Lipinski definition) is 5. The van der Waals surface area contributed by atoms with Crippen LogP contribution in [0, 0.1) is 6.92 Å². The number of piperidine rings is 1. The fourth-order valence-corrected chi connectivity index (χ4v) is 2.16. The van der Waals surface area contributed by atoms with Gasteiger partial charge in [-0.05, 0) is 26.3 Å². The molecule has 1 aliphatic heterocycles. The Labute approximate surface area is 102 Å². The zero-order valence-electron chi connectivity index (χ0n) is 10.7. The van der Waals surface area contributed by atoms with Crippen molar-refractivity contribution in [3.05, 3.63) is 11.9 Å². The van der Waals surface area contributed by atoms with Crippen molar-refractivity contribution in [3.63, 3.8) is 0 Å². The van der Waals surface area contributed by atoms with Crippen molar-refractivity contribution in [2.24, 2.45) is 0 Å². The average Bonchev–Trinajstić information content (AvgIpc) is 2.38. The summed E-state index contributed by atoms with van der Waals surface area (Å²) in [6.07, 6.45) is 2.42. The summed E-state index contributed by atoms with van der Waals surface area (Å²) in [5, 5.41) is 3.41. The van der Waals surface area contributed by atoms with E-state index in [2.05, 4.69) is 27.2 Å². The number of ether oxygens (including phenoxy) is 1.